The van der Waals surface area contributed by atoms with E-state index in [4.69, 9.17) is 0 Å². The van der Waals surface area contributed by atoms with Crippen LogP contribution >= 0.6 is 0 Å². The summed E-state index contributed by atoms with van der Waals surface area (Å²) in [7, 11) is 0. The first kappa shape index (κ1) is 16.4. The molecule has 0 aliphatic carbocycles. The normalized spacial score (nSPS) is 13.2. The van der Waals surface area contributed by atoms with Gasteiger partial charge < -0.3 is 10.4 Å². The smallest absolute Gasteiger partial charge is 0.259 e. The van der Waals surface area contributed by atoms with Crippen LogP contribution in [0.4, 0.5) is 0 Å². The monoisotopic (exact) mass is 257 g/mol. The fourth-order valence-corrected chi connectivity index (χ4v) is 1.24. The summed E-state index contributed by atoms with van der Waals surface area (Å²) in [6.07, 6.45) is 12.3. The van der Waals surface area contributed by atoms with Crippen LogP contribution in [0.15, 0.2) is 85.4 Å². The van der Waals surface area contributed by atoms with Crippen LogP contribution in [-0.2, 0) is 4.79 Å². The third kappa shape index (κ3) is 6.07. The Morgan fingerprint density at radius 1 is 1.05 bits per heavy atom. The summed E-state index contributed by atoms with van der Waals surface area (Å²) in [5, 5.41) is 12.4. The molecule has 0 aromatic carbocycles. The minimum atomic E-state index is -0.443. The minimum absolute atomic E-state index is 0.106. The molecule has 1 amide bonds. The van der Waals surface area contributed by atoms with Gasteiger partial charge in [-0.3, -0.25) is 4.79 Å². The Bertz CT molecular complexity index is 477. The van der Waals surface area contributed by atoms with Crippen molar-refractivity contribution in [3.63, 3.8) is 0 Å². The molecule has 0 atom stereocenters. The fraction of sp³-hybridized carbons (Fsp3) is 0.0625. The highest BCUT2D eigenvalue weighted by molar-refractivity contribution is 5.98. The molecule has 19 heavy (non-hydrogen) atoms. The van der Waals surface area contributed by atoms with Crippen molar-refractivity contribution in [2.75, 3.05) is 0 Å². The summed E-state index contributed by atoms with van der Waals surface area (Å²) in [5.41, 5.74) is 0.679. The highest BCUT2D eigenvalue weighted by Crippen LogP contribution is 2.09. The van der Waals surface area contributed by atoms with E-state index in [1.807, 2.05) is 6.92 Å². The lowest BCUT2D eigenvalue weighted by Crippen LogP contribution is -2.24. The van der Waals surface area contributed by atoms with Crippen molar-refractivity contribution in [2.24, 2.45) is 0 Å². The molecule has 0 bridgehead atoms. The molecule has 100 valence electrons. The third-order valence-electron chi connectivity index (χ3n) is 1.98. The van der Waals surface area contributed by atoms with Crippen LogP contribution in [0.1, 0.15) is 6.92 Å². The molecular weight excluding hydrogens is 238 g/mol. The lowest BCUT2D eigenvalue weighted by molar-refractivity contribution is -0.116. The van der Waals surface area contributed by atoms with Crippen LogP contribution < -0.4 is 5.32 Å². The Kier molecular flexibility index (Phi) is 8.21. The van der Waals surface area contributed by atoms with E-state index in [-0.39, 0.29) is 11.3 Å². The van der Waals surface area contributed by atoms with Crippen LogP contribution in [0.2, 0.25) is 0 Å². The predicted octanol–water partition coefficient (Wildman–Crippen LogP) is 3.49. The molecule has 0 saturated heterocycles. The van der Waals surface area contributed by atoms with Gasteiger partial charge in [-0.2, -0.15) is 0 Å². The molecule has 0 spiro atoms. The highest BCUT2D eigenvalue weighted by Gasteiger charge is 2.13. The van der Waals surface area contributed by atoms with Crippen molar-refractivity contribution in [1.29, 1.82) is 0 Å². The van der Waals surface area contributed by atoms with Gasteiger partial charge in [0.2, 0.25) is 0 Å². The van der Waals surface area contributed by atoms with Crippen molar-refractivity contribution < 1.29 is 9.90 Å². The van der Waals surface area contributed by atoms with Gasteiger partial charge in [0.25, 0.3) is 5.91 Å². The zero-order valence-corrected chi connectivity index (χ0v) is 11.1. The summed E-state index contributed by atoms with van der Waals surface area (Å²) >= 11 is 0. The molecule has 0 unspecified atom stereocenters. The maximum absolute atomic E-state index is 12.0. The lowest BCUT2D eigenvalue weighted by Gasteiger charge is -2.08. The van der Waals surface area contributed by atoms with Crippen LogP contribution in [0.3, 0.4) is 0 Å². The van der Waals surface area contributed by atoms with Crippen molar-refractivity contribution in [2.45, 2.75) is 6.92 Å². The van der Waals surface area contributed by atoms with E-state index in [1.165, 1.54) is 24.3 Å². The second-order valence-corrected chi connectivity index (χ2v) is 3.42. The Morgan fingerprint density at radius 2 is 1.63 bits per heavy atom. The number of aliphatic hydroxyl groups excluding tert-OH is 1. The Morgan fingerprint density at radius 3 is 2.11 bits per heavy atom. The van der Waals surface area contributed by atoms with E-state index >= 15 is 0 Å². The number of hydrogen-bond acceptors (Lipinski definition) is 2. The third-order valence-corrected chi connectivity index (χ3v) is 1.98. The molecule has 0 heterocycles. The number of allylic oxidation sites excluding steroid dienone is 8. The van der Waals surface area contributed by atoms with Gasteiger partial charge in [-0.05, 0) is 31.2 Å². The van der Waals surface area contributed by atoms with E-state index in [1.54, 1.807) is 24.3 Å². The average molecular weight is 257 g/mol. The quantitative estimate of drug-likeness (QED) is 0.416. The Labute approximate surface area is 114 Å². The van der Waals surface area contributed by atoms with E-state index in [0.29, 0.717) is 5.70 Å². The Hall–Kier alpha value is -2.55. The molecule has 0 aromatic rings. The van der Waals surface area contributed by atoms with Crippen molar-refractivity contribution in [1.82, 2.24) is 5.32 Å². The molecule has 0 fully saturated rings. The van der Waals surface area contributed by atoms with Gasteiger partial charge in [0.1, 0.15) is 5.76 Å². The lowest BCUT2D eigenvalue weighted by atomic mass is 10.1. The molecule has 0 aliphatic heterocycles. The van der Waals surface area contributed by atoms with Gasteiger partial charge >= 0.3 is 0 Å². The van der Waals surface area contributed by atoms with Crippen LogP contribution in [0.25, 0.3) is 0 Å². The second kappa shape index (κ2) is 9.48. The van der Waals surface area contributed by atoms with Gasteiger partial charge in [0.15, 0.2) is 0 Å². The average Bonchev–Trinajstić information content (AvgIpc) is 2.36. The number of rotatable bonds is 7. The zero-order valence-electron chi connectivity index (χ0n) is 11.1. The van der Waals surface area contributed by atoms with Gasteiger partial charge in [0.05, 0.1) is 5.57 Å². The minimum Gasteiger partial charge on any atom is -0.507 e. The van der Waals surface area contributed by atoms with Gasteiger partial charge in [-0.1, -0.05) is 44.0 Å². The van der Waals surface area contributed by atoms with Crippen LogP contribution in [-0.4, -0.2) is 11.0 Å². The molecular formula is C16H19NO2. The predicted molar refractivity (Wildman–Crippen MR) is 80.4 cm³/mol. The Balaban J connectivity index is 5.24. The van der Waals surface area contributed by atoms with Crippen molar-refractivity contribution >= 4 is 5.91 Å². The molecule has 0 saturated carbocycles. The van der Waals surface area contributed by atoms with Crippen LogP contribution in [0, 0.1) is 0 Å². The molecule has 0 radical (unpaired) electrons. The zero-order chi connectivity index (χ0) is 14.7. The first-order valence-corrected chi connectivity index (χ1v) is 5.72. The highest BCUT2D eigenvalue weighted by atomic mass is 16.3. The maximum atomic E-state index is 12.0. The molecule has 3 nitrogen and oxygen atoms in total. The van der Waals surface area contributed by atoms with E-state index in [9.17, 15) is 9.90 Å². The first-order chi connectivity index (χ1) is 9.10. The second-order valence-electron chi connectivity index (χ2n) is 3.42. The standard InChI is InChI=1S/C16H19NO2/c1-5-9-13(10-6-2)17-16(19)14(11-7-3)15(18)12-8-4/h5-12,18H,1,3-4H2,2H3,(H,17,19)/b10-6-,13-9+,14-11+,15-12+. The fourth-order valence-electron chi connectivity index (χ4n) is 1.24. The largest absolute Gasteiger partial charge is 0.507 e. The number of carbonyl (C=O) groups excluding carboxylic acids is 1. The van der Waals surface area contributed by atoms with Crippen molar-refractivity contribution in [3.8, 4) is 0 Å². The number of hydrogen-bond donors (Lipinski definition) is 2. The number of amides is 1. The number of nitrogens with one attached hydrogen (secondary N) is 1. The summed E-state index contributed by atoms with van der Waals surface area (Å²) in [6, 6.07) is 0. The number of carbonyl (C=O) groups is 1. The molecule has 0 aliphatic rings. The van der Waals surface area contributed by atoms with Gasteiger partial charge in [-0.15, -0.1) is 0 Å². The summed E-state index contributed by atoms with van der Waals surface area (Å²) in [5.74, 6) is -0.618. The SMILES string of the molecule is C=C/C=C(\C=C/C)NC(=O)C(=C/C=C)/C(O)=C\C=C. The summed E-state index contributed by atoms with van der Waals surface area (Å²) < 4.78 is 0. The molecule has 3 heteroatoms. The molecule has 2 N–H and O–H groups in total. The van der Waals surface area contributed by atoms with E-state index in [0.717, 1.165) is 0 Å². The van der Waals surface area contributed by atoms with Gasteiger partial charge in [-0.25, -0.2) is 0 Å². The topological polar surface area (TPSA) is 49.3 Å². The summed E-state index contributed by atoms with van der Waals surface area (Å²) in [6.45, 7) is 12.4. The molecule has 0 aromatic heterocycles. The van der Waals surface area contributed by atoms with E-state index in [2.05, 4.69) is 25.1 Å². The number of aliphatic hydroxyl groups is 1. The first-order valence-electron chi connectivity index (χ1n) is 5.72. The van der Waals surface area contributed by atoms with Gasteiger partial charge in [0, 0.05) is 5.70 Å². The summed E-state index contributed by atoms with van der Waals surface area (Å²) in [4.78, 5) is 12.0. The maximum Gasteiger partial charge on any atom is 0.259 e. The van der Waals surface area contributed by atoms with Crippen LogP contribution in [0.5, 0.6) is 0 Å². The molecule has 0 rings (SSSR count). The van der Waals surface area contributed by atoms with E-state index < -0.39 is 5.91 Å². The van der Waals surface area contributed by atoms with Crippen molar-refractivity contribution in [3.05, 3.63) is 85.4 Å².